The maximum absolute atomic E-state index is 2.56. The molecule has 0 aliphatic carbocycles. The van der Waals surface area contributed by atoms with Crippen LogP contribution < -0.4 is 10.9 Å². The van der Waals surface area contributed by atoms with Gasteiger partial charge in [-0.25, -0.2) is 0 Å². The third kappa shape index (κ3) is 5.25. The van der Waals surface area contributed by atoms with Gasteiger partial charge in [-0.3, -0.25) is 0 Å². The molecule has 0 nitrogen and oxygen atoms in total. The number of hydrogen-bond donors (Lipinski definition) is 0. The molecule has 0 radical (unpaired) electrons. The number of rotatable bonds is 5. The van der Waals surface area contributed by atoms with E-state index in [9.17, 15) is 0 Å². The van der Waals surface area contributed by atoms with Gasteiger partial charge in [0.1, 0.15) is 0 Å². The molecular formula is C27H33BSn. The molecule has 0 aliphatic heterocycles. The van der Waals surface area contributed by atoms with Crippen LogP contribution in [0.5, 0.6) is 0 Å². The predicted molar refractivity (Wildman–Crippen MR) is 134 cm³/mol. The second kappa shape index (κ2) is 8.96. The Morgan fingerprint density at radius 1 is 0.621 bits per heavy atom. The summed E-state index contributed by atoms with van der Waals surface area (Å²) in [6.07, 6.45) is 0. The molecule has 0 saturated carbocycles. The molecule has 0 amide bonds. The van der Waals surface area contributed by atoms with Crippen molar-refractivity contribution in [1.82, 2.24) is 0 Å². The van der Waals surface area contributed by atoms with Gasteiger partial charge in [0.05, 0.1) is 0 Å². The molecule has 0 atom stereocenters. The molecule has 3 rings (SSSR count). The van der Waals surface area contributed by atoms with E-state index < -0.39 is 18.4 Å². The van der Waals surface area contributed by atoms with Crippen molar-refractivity contribution >= 4 is 41.5 Å². The zero-order valence-electron chi connectivity index (χ0n) is 18.7. The summed E-state index contributed by atoms with van der Waals surface area (Å²) in [4.78, 5) is 7.68. The molecule has 0 fully saturated rings. The van der Waals surface area contributed by atoms with E-state index in [1.807, 2.05) is 0 Å². The first-order chi connectivity index (χ1) is 13.7. The van der Waals surface area contributed by atoms with Gasteiger partial charge in [0.15, 0.2) is 0 Å². The zero-order valence-corrected chi connectivity index (χ0v) is 21.6. The normalized spacial score (nSPS) is 13.0. The summed E-state index contributed by atoms with van der Waals surface area (Å²) in [5, 5.41) is 0. The topological polar surface area (TPSA) is 0 Å². The summed E-state index contributed by atoms with van der Waals surface area (Å²) >= 11 is -2.47. The Balaban J connectivity index is 2.44. The van der Waals surface area contributed by atoms with Gasteiger partial charge in [-0.1, -0.05) is 0 Å². The van der Waals surface area contributed by atoms with Crippen molar-refractivity contribution in [3.05, 3.63) is 100 Å². The van der Waals surface area contributed by atoms with E-state index in [1.165, 1.54) is 22.0 Å². The fourth-order valence-corrected chi connectivity index (χ4v) is 14.4. The summed E-state index contributed by atoms with van der Waals surface area (Å²) in [5.74, 6) is 0. The summed E-state index contributed by atoms with van der Waals surface area (Å²) in [7, 11) is 0. The van der Waals surface area contributed by atoms with Gasteiger partial charge < -0.3 is 0 Å². The van der Waals surface area contributed by atoms with E-state index in [4.69, 9.17) is 0 Å². The number of benzene rings is 3. The van der Waals surface area contributed by atoms with Gasteiger partial charge in [-0.15, -0.1) is 0 Å². The van der Waals surface area contributed by atoms with Crippen LogP contribution in [0, 0.1) is 5.41 Å². The summed E-state index contributed by atoms with van der Waals surface area (Å²) < 4.78 is 1.72. The third-order valence-corrected chi connectivity index (χ3v) is 12.6. The summed E-state index contributed by atoms with van der Waals surface area (Å²) in [6.45, 7) is 7.45. The van der Waals surface area contributed by atoms with Gasteiger partial charge in [-0.05, 0) is 0 Å². The first-order valence-electron chi connectivity index (χ1n) is 10.6. The molecule has 0 unspecified atom stereocenters. The van der Waals surface area contributed by atoms with E-state index in [0.717, 1.165) is 0 Å². The van der Waals surface area contributed by atoms with E-state index >= 15 is 0 Å². The van der Waals surface area contributed by atoms with Crippen LogP contribution in [0.4, 0.5) is 0 Å². The number of hydrogen-bond acceptors (Lipinski definition) is 0. The molecule has 148 valence electrons. The van der Waals surface area contributed by atoms with Crippen LogP contribution in [0.3, 0.4) is 0 Å². The van der Waals surface area contributed by atoms with Crippen LogP contribution in [0.15, 0.2) is 94.6 Å². The maximum atomic E-state index is 2.56. The molecule has 2 heteroatoms. The van der Waals surface area contributed by atoms with Crippen molar-refractivity contribution in [2.24, 2.45) is 5.41 Å². The first-order valence-corrected chi connectivity index (χ1v) is 20.6. The van der Waals surface area contributed by atoms with E-state index in [1.54, 1.807) is 3.59 Å². The Morgan fingerprint density at radius 3 is 1.34 bits per heavy atom. The van der Waals surface area contributed by atoms with Crippen LogP contribution in [-0.4, -0.2) is 25.1 Å². The van der Waals surface area contributed by atoms with Gasteiger partial charge >= 0.3 is 183 Å². The molecule has 3 aromatic carbocycles. The monoisotopic (exact) mass is 488 g/mol. The predicted octanol–water partition coefficient (Wildman–Crippen LogP) is 6.21. The van der Waals surface area contributed by atoms with E-state index in [2.05, 4.69) is 127 Å². The molecule has 0 saturated heterocycles. The van der Waals surface area contributed by atoms with E-state index in [0.29, 0.717) is 0 Å². The molecule has 29 heavy (non-hydrogen) atoms. The second-order valence-electron chi connectivity index (χ2n) is 9.91. The van der Waals surface area contributed by atoms with Gasteiger partial charge in [-0.2, -0.15) is 0 Å². The van der Waals surface area contributed by atoms with Crippen LogP contribution in [0.25, 0.3) is 5.47 Å². The Bertz CT molecular complexity index is 891. The Labute approximate surface area is 182 Å². The van der Waals surface area contributed by atoms with Crippen molar-refractivity contribution in [3.63, 3.8) is 0 Å². The van der Waals surface area contributed by atoms with Crippen LogP contribution in [0.2, 0.25) is 14.8 Å². The molecule has 3 aromatic rings. The second-order valence-corrected chi connectivity index (χ2v) is 24.2. The van der Waals surface area contributed by atoms with Crippen LogP contribution in [-0.2, 0) is 0 Å². The van der Waals surface area contributed by atoms with Gasteiger partial charge in [0.2, 0.25) is 0 Å². The minimum absolute atomic E-state index is 0.140. The van der Waals surface area contributed by atoms with Crippen molar-refractivity contribution < 1.29 is 0 Å². The van der Waals surface area contributed by atoms with Crippen molar-refractivity contribution in [3.8, 4) is 0 Å². The Kier molecular flexibility index (Phi) is 6.78. The Hall–Kier alpha value is -1.74. The van der Waals surface area contributed by atoms with Crippen molar-refractivity contribution in [1.29, 1.82) is 0 Å². The van der Waals surface area contributed by atoms with Gasteiger partial charge in [0.25, 0.3) is 0 Å². The fourth-order valence-electron chi connectivity index (χ4n) is 4.82. The quantitative estimate of drug-likeness (QED) is 0.376. The van der Waals surface area contributed by atoms with Crippen LogP contribution >= 0.6 is 0 Å². The molecule has 0 bridgehead atoms. The Morgan fingerprint density at radius 2 is 1.00 bits per heavy atom. The van der Waals surface area contributed by atoms with Gasteiger partial charge in [0, 0.05) is 0 Å². The molecule has 0 N–H and O–H groups in total. The van der Waals surface area contributed by atoms with Crippen molar-refractivity contribution in [2.75, 3.05) is 0 Å². The third-order valence-electron chi connectivity index (χ3n) is 5.41. The minimum atomic E-state index is -2.47. The molecular weight excluding hydrogens is 454 g/mol. The molecule has 0 heterocycles. The van der Waals surface area contributed by atoms with Crippen molar-refractivity contribution in [2.45, 2.75) is 35.6 Å². The summed E-state index contributed by atoms with van der Waals surface area (Å²) in [6, 6.07) is 33.2. The first kappa shape index (κ1) is 22.0. The van der Waals surface area contributed by atoms with E-state index in [-0.39, 0.29) is 12.1 Å². The molecule has 0 aromatic heterocycles. The van der Waals surface area contributed by atoms with Crippen LogP contribution in [0.1, 0.15) is 26.3 Å². The average Bonchev–Trinajstić information content (AvgIpc) is 2.68. The average molecular weight is 487 g/mol. The summed E-state index contributed by atoms with van der Waals surface area (Å²) in [5.41, 5.74) is 5.77. The molecule has 0 aliphatic rings. The standard InChI is InChI=1S/C24H24B.3CH3.Sn/c1-24(2,3)19-23(20-13-7-4-8-14-20)25(21-15-9-5-10-16-21)22-17-11-6-12-18-22;;;;/h4-18H,1-3H3;3*1H3;. The SMILES string of the molecule is CC(C)(C)/[C](=C(/B(c1ccccc1)c1ccccc1)c1ccccc1)[Sn]([CH3])([CH3])[CH3]. The zero-order chi connectivity index (χ0) is 21.1. The number of allylic oxidation sites excluding steroid dienone is 1. The molecule has 0 spiro atoms. The fraction of sp³-hybridized carbons (Fsp3) is 0.259.